The van der Waals surface area contributed by atoms with E-state index in [2.05, 4.69) is 41.5 Å². The van der Waals surface area contributed by atoms with E-state index in [1.165, 1.54) is 0 Å². The molecular formula is C18H15BrN6O2. The van der Waals surface area contributed by atoms with Crippen LogP contribution in [-0.2, 0) is 7.05 Å². The molecule has 4 heterocycles. The third-order valence-corrected chi connectivity index (χ3v) is 4.59. The third kappa shape index (κ3) is 3.21. The van der Waals surface area contributed by atoms with Crippen LogP contribution in [-0.4, -0.2) is 30.8 Å². The lowest BCUT2D eigenvalue weighted by Crippen LogP contribution is -2.14. The zero-order chi connectivity index (χ0) is 19.1. The van der Waals surface area contributed by atoms with E-state index in [4.69, 9.17) is 4.52 Å². The van der Waals surface area contributed by atoms with Gasteiger partial charge in [-0.15, -0.1) is 0 Å². The molecule has 0 atom stereocenters. The van der Waals surface area contributed by atoms with Crippen LogP contribution < -0.4 is 5.32 Å². The normalized spacial score (nSPS) is 11.1. The minimum atomic E-state index is -0.314. The molecule has 4 aromatic heterocycles. The SMILES string of the molecule is Cc1nn(C)cc1-c1cc(C(=O)Nc2ccc(Br)cn2)c2c(C)noc2n1. The first kappa shape index (κ1) is 17.3. The molecule has 9 heteroatoms. The largest absolute Gasteiger partial charge is 0.335 e. The summed E-state index contributed by atoms with van der Waals surface area (Å²) in [5.74, 6) is 0.132. The average Bonchev–Trinajstić information content (AvgIpc) is 3.18. The van der Waals surface area contributed by atoms with E-state index in [-0.39, 0.29) is 5.91 Å². The maximum Gasteiger partial charge on any atom is 0.259 e. The van der Waals surface area contributed by atoms with Gasteiger partial charge < -0.3 is 9.84 Å². The number of nitrogens with zero attached hydrogens (tertiary/aromatic N) is 5. The Kier molecular flexibility index (Phi) is 4.23. The summed E-state index contributed by atoms with van der Waals surface area (Å²) in [6, 6.07) is 5.25. The molecule has 1 amide bonds. The Balaban J connectivity index is 1.82. The Bertz CT molecular complexity index is 1160. The summed E-state index contributed by atoms with van der Waals surface area (Å²) >= 11 is 3.33. The second-order valence-corrected chi connectivity index (χ2v) is 7.04. The van der Waals surface area contributed by atoms with Gasteiger partial charge in [0.25, 0.3) is 11.6 Å². The molecule has 136 valence electrons. The third-order valence-electron chi connectivity index (χ3n) is 4.12. The van der Waals surface area contributed by atoms with Crippen molar-refractivity contribution < 1.29 is 9.32 Å². The molecule has 27 heavy (non-hydrogen) atoms. The van der Waals surface area contributed by atoms with Gasteiger partial charge in [-0.1, -0.05) is 5.16 Å². The molecule has 0 fully saturated rings. The molecule has 4 rings (SSSR count). The number of pyridine rings is 2. The Morgan fingerprint density at radius 2 is 2.07 bits per heavy atom. The van der Waals surface area contributed by atoms with Crippen LogP contribution in [0.15, 0.2) is 39.6 Å². The van der Waals surface area contributed by atoms with Gasteiger partial charge >= 0.3 is 0 Å². The molecule has 0 unspecified atom stereocenters. The highest BCUT2D eigenvalue weighted by Crippen LogP contribution is 2.28. The van der Waals surface area contributed by atoms with Gasteiger partial charge in [0.1, 0.15) is 5.82 Å². The van der Waals surface area contributed by atoms with Crippen molar-refractivity contribution in [3.05, 3.63) is 52.0 Å². The second kappa shape index (κ2) is 6.58. The number of aryl methyl sites for hydroxylation is 3. The van der Waals surface area contributed by atoms with Crippen molar-refractivity contribution in [3.8, 4) is 11.3 Å². The van der Waals surface area contributed by atoms with Crippen molar-refractivity contribution in [2.24, 2.45) is 7.05 Å². The lowest BCUT2D eigenvalue weighted by molar-refractivity contribution is 0.102. The summed E-state index contributed by atoms with van der Waals surface area (Å²) in [7, 11) is 1.83. The fraction of sp³-hybridized carbons (Fsp3) is 0.167. The molecular weight excluding hydrogens is 412 g/mol. The van der Waals surface area contributed by atoms with Crippen molar-refractivity contribution in [1.82, 2.24) is 24.9 Å². The number of fused-ring (bicyclic) bond motifs is 1. The Labute approximate surface area is 162 Å². The van der Waals surface area contributed by atoms with E-state index < -0.39 is 0 Å². The molecule has 0 saturated carbocycles. The van der Waals surface area contributed by atoms with Gasteiger partial charge in [0, 0.05) is 29.5 Å². The number of carbonyl (C=O) groups is 1. The summed E-state index contributed by atoms with van der Waals surface area (Å²) in [4.78, 5) is 21.7. The Hall–Kier alpha value is -3.07. The predicted molar refractivity (Wildman–Crippen MR) is 103 cm³/mol. The summed E-state index contributed by atoms with van der Waals surface area (Å²) in [6.07, 6.45) is 3.47. The number of hydrogen-bond donors (Lipinski definition) is 1. The zero-order valence-corrected chi connectivity index (χ0v) is 16.4. The maximum absolute atomic E-state index is 13.0. The molecule has 4 aromatic rings. The van der Waals surface area contributed by atoms with E-state index in [9.17, 15) is 4.79 Å². The number of hydrogen-bond acceptors (Lipinski definition) is 6. The van der Waals surface area contributed by atoms with E-state index in [1.807, 2.05) is 20.2 Å². The fourth-order valence-electron chi connectivity index (χ4n) is 2.90. The first-order valence-electron chi connectivity index (χ1n) is 8.13. The number of nitrogens with one attached hydrogen (secondary N) is 1. The van der Waals surface area contributed by atoms with Crippen LogP contribution in [0.3, 0.4) is 0 Å². The Morgan fingerprint density at radius 3 is 2.74 bits per heavy atom. The van der Waals surface area contributed by atoms with Gasteiger partial charge in [0.2, 0.25) is 0 Å². The number of rotatable bonds is 3. The van der Waals surface area contributed by atoms with Crippen molar-refractivity contribution >= 4 is 38.8 Å². The number of halogens is 1. The number of amides is 1. The Morgan fingerprint density at radius 1 is 1.26 bits per heavy atom. The summed E-state index contributed by atoms with van der Waals surface area (Å²) in [5, 5.41) is 11.7. The highest BCUT2D eigenvalue weighted by Gasteiger charge is 2.21. The van der Waals surface area contributed by atoms with Crippen LogP contribution in [0, 0.1) is 13.8 Å². The minimum Gasteiger partial charge on any atom is -0.335 e. The monoisotopic (exact) mass is 426 g/mol. The van der Waals surface area contributed by atoms with E-state index in [0.29, 0.717) is 33.9 Å². The van der Waals surface area contributed by atoms with Crippen LogP contribution in [0.2, 0.25) is 0 Å². The van der Waals surface area contributed by atoms with Crippen molar-refractivity contribution in [2.45, 2.75) is 13.8 Å². The van der Waals surface area contributed by atoms with Crippen LogP contribution in [0.25, 0.3) is 22.4 Å². The summed E-state index contributed by atoms with van der Waals surface area (Å²) in [6.45, 7) is 3.66. The highest BCUT2D eigenvalue weighted by molar-refractivity contribution is 9.10. The van der Waals surface area contributed by atoms with Crippen molar-refractivity contribution in [1.29, 1.82) is 0 Å². The van der Waals surface area contributed by atoms with Crippen LogP contribution >= 0.6 is 15.9 Å². The van der Waals surface area contributed by atoms with Gasteiger partial charge in [-0.2, -0.15) is 5.10 Å². The molecule has 0 spiro atoms. The molecule has 0 aliphatic heterocycles. The topological polar surface area (TPSA) is 98.7 Å². The predicted octanol–water partition coefficient (Wildman–Crippen LogP) is 3.65. The lowest BCUT2D eigenvalue weighted by Gasteiger charge is -2.07. The molecule has 0 radical (unpaired) electrons. The van der Waals surface area contributed by atoms with Crippen LogP contribution in [0.1, 0.15) is 21.7 Å². The quantitative estimate of drug-likeness (QED) is 0.536. The van der Waals surface area contributed by atoms with Crippen LogP contribution in [0.4, 0.5) is 5.82 Å². The number of anilines is 1. The zero-order valence-electron chi connectivity index (χ0n) is 14.8. The number of carbonyl (C=O) groups excluding carboxylic acids is 1. The summed E-state index contributed by atoms with van der Waals surface area (Å²) in [5.41, 5.74) is 3.55. The van der Waals surface area contributed by atoms with E-state index in [0.717, 1.165) is 15.7 Å². The van der Waals surface area contributed by atoms with Gasteiger partial charge in [-0.05, 0) is 48.0 Å². The molecule has 8 nitrogen and oxygen atoms in total. The lowest BCUT2D eigenvalue weighted by atomic mass is 10.1. The average molecular weight is 427 g/mol. The number of aromatic nitrogens is 5. The van der Waals surface area contributed by atoms with Crippen molar-refractivity contribution in [3.63, 3.8) is 0 Å². The van der Waals surface area contributed by atoms with Crippen LogP contribution in [0.5, 0.6) is 0 Å². The second-order valence-electron chi connectivity index (χ2n) is 6.12. The van der Waals surface area contributed by atoms with E-state index in [1.54, 1.807) is 36.0 Å². The standard InChI is InChI=1S/C18H15BrN6O2/c1-9-13(8-25(3)23-9)14-6-12(16-10(2)24-27-18(16)21-14)17(26)22-15-5-4-11(19)7-20-15/h4-8H,1-3H3,(H,20,22,26). The van der Waals surface area contributed by atoms with Gasteiger partial charge in [0.05, 0.1) is 28.0 Å². The van der Waals surface area contributed by atoms with Gasteiger partial charge in [-0.25, -0.2) is 9.97 Å². The minimum absolute atomic E-state index is 0.308. The summed E-state index contributed by atoms with van der Waals surface area (Å²) < 4.78 is 7.86. The van der Waals surface area contributed by atoms with E-state index >= 15 is 0 Å². The maximum atomic E-state index is 13.0. The van der Waals surface area contributed by atoms with Gasteiger partial charge in [-0.3, -0.25) is 9.48 Å². The fourth-order valence-corrected chi connectivity index (χ4v) is 3.13. The van der Waals surface area contributed by atoms with Crippen molar-refractivity contribution in [2.75, 3.05) is 5.32 Å². The molecule has 0 aromatic carbocycles. The first-order chi connectivity index (χ1) is 12.9. The molecule has 0 aliphatic rings. The smallest absolute Gasteiger partial charge is 0.259 e. The molecule has 0 saturated heterocycles. The molecule has 1 N–H and O–H groups in total. The van der Waals surface area contributed by atoms with Gasteiger partial charge in [0.15, 0.2) is 0 Å². The molecule has 0 bridgehead atoms. The molecule has 0 aliphatic carbocycles. The first-order valence-corrected chi connectivity index (χ1v) is 8.92. The highest BCUT2D eigenvalue weighted by atomic mass is 79.9.